The normalized spacial score (nSPS) is 8.40. The van der Waals surface area contributed by atoms with E-state index in [1.807, 2.05) is 0 Å². The number of anilines is 1. The van der Waals surface area contributed by atoms with Gasteiger partial charge in [-0.15, -0.1) is 0 Å². The summed E-state index contributed by atoms with van der Waals surface area (Å²) in [4.78, 5) is 0. The first-order valence-corrected chi connectivity index (χ1v) is 3.58. The van der Waals surface area contributed by atoms with E-state index in [-0.39, 0.29) is 7.92 Å². The molecule has 0 radical (unpaired) electrons. The van der Waals surface area contributed by atoms with Crippen LogP contribution in [0.5, 0.6) is 0 Å². The summed E-state index contributed by atoms with van der Waals surface area (Å²) in [6.45, 7) is 0. The minimum absolute atomic E-state index is 0.108. The number of benzene rings is 1. The fraction of sp³-hybridized carbons (Fsp3) is 0. The molecule has 0 saturated heterocycles. The molecule has 0 heterocycles. The summed E-state index contributed by atoms with van der Waals surface area (Å²) in [6.07, 6.45) is 0. The van der Waals surface area contributed by atoms with Gasteiger partial charge < -0.3 is 0 Å². The summed E-state index contributed by atoms with van der Waals surface area (Å²) in [5.74, 6) is 0. The number of rotatable bonds is 0. The van der Waals surface area contributed by atoms with Crippen LogP contribution in [0.15, 0.2) is 24.3 Å². The van der Waals surface area contributed by atoms with Crippen LogP contribution in [0.3, 0.4) is 0 Å². The van der Waals surface area contributed by atoms with Crippen LogP contribution < -0.4 is 5.73 Å². The zero-order valence-electron chi connectivity index (χ0n) is 5.24. The van der Waals surface area contributed by atoms with E-state index in [0.29, 0.717) is 5.69 Å². The van der Waals surface area contributed by atoms with Crippen LogP contribution in [0, 0.1) is 5.63 Å². The van der Waals surface area contributed by atoms with Crippen LogP contribution in [0.25, 0.3) is 0 Å². The second kappa shape index (κ2) is 3.26. The molecule has 10 heavy (non-hydrogen) atoms. The van der Waals surface area contributed by atoms with E-state index in [1.165, 1.54) is 0 Å². The topological polar surface area (TPSA) is 43.1 Å². The van der Waals surface area contributed by atoms with Crippen LogP contribution in [-0.4, -0.2) is 0 Å². The summed E-state index contributed by atoms with van der Waals surface area (Å²) < 4.78 is 10.0. The second-order valence-corrected chi connectivity index (χ2v) is 2.23. The Balaban J connectivity index is 3.15. The molecule has 0 bridgehead atoms. The molecule has 0 unspecified atom stereocenters. The predicted molar refractivity (Wildman–Crippen MR) is 41.5 cm³/mol. The van der Waals surface area contributed by atoms with E-state index >= 15 is 0 Å². The van der Waals surface area contributed by atoms with Crippen LogP contribution >= 0.6 is 7.92 Å². The van der Waals surface area contributed by atoms with E-state index in [2.05, 4.69) is 5.63 Å². The fourth-order valence-corrected chi connectivity index (χ4v) is 0.905. The van der Waals surface area contributed by atoms with Crippen molar-refractivity contribution in [2.45, 2.75) is 0 Å². The summed E-state index contributed by atoms with van der Waals surface area (Å²) >= 11 is 0. The van der Waals surface area contributed by atoms with Gasteiger partial charge in [0.25, 0.3) is 0 Å². The van der Waals surface area contributed by atoms with Gasteiger partial charge in [-0.05, 0) is 0 Å². The molecule has 0 amide bonds. The molecule has 0 aliphatic carbocycles. The van der Waals surface area contributed by atoms with Gasteiger partial charge in [0.15, 0.2) is 0 Å². The monoisotopic (exact) mass is 151 g/mol. The molecule has 0 aromatic heterocycles. The van der Waals surface area contributed by atoms with E-state index in [9.17, 15) is 4.57 Å². The van der Waals surface area contributed by atoms with Gasteiger partial charge in [-0.2, -0.15) is 0 Å². The van der Waals surface area contributed by atoms with Gasteiger partial charge in [0.05, 0.1) is 0 Å². The van der Waals surface area contributed by atoms with Crippen molar-refractivity contribution in [3.8, 4) is 5.63 Å². The summed E-state index contributed by atoms with van der Waals surface area (Å²) in [5.41, 5.74) is 9.45. The van der Waals surface area contributed by atoms with Crippen molar-refractivity contribution in [1.29, 1.82) is 0 Å². The molecule has 2 nitrogen and oxygen atoms in total. The standard InChI is InChI=1S/C7H6NOP/c8-7-3-1-2-6(4-7)5-10-9/h1-4H,8H2. The van der Waals surface area contributed by atoms with Crippen molar-refractivity contribution < 1.29 is 4.57 Å². The molecular weight excluding hydrogens is 145 g/mol. The number of nitrogens with two attached hydrogens (primary N) is 1. The van der Waals surface area contributed by atoms with E-state index in [0.717, 1.165) is 5.56 Å². The Morgan fingerprint density at radius 1 is 1.50 bits per heavy atom. The Morgan fingerprint density at radius 3 is 2.90 bits per heavy atom. The van der Waals surface area contributed by atoms with E-state index < -0.39 is 0 Å². The number of hydrogen-bond donors (Lipinski definition) is 1. The van der Waals surface area contributed by atoms with Crippen molar-refractivity contribution in [3.63, 3.8) is 0 Å². The van der Waals surface area contributed by atoms with Gasteiger partial charge in [0.2, 0.25) is 0 Å². The summed E-state index contributed by atoms with van der Waals surface area (Å²) in [5, 5.41) is 0. The van der Waals surface area contributed by atoms with Crippen molar-refractivity contribution in [2.24, 2.45) is 0 Å². The number of hydrogen-bond acceptors (Lipinski definition) is 2. The first-order valence-electron chi connectivity index (χ1n) is 2.77. The minimum atomic E-state index is -0.108. The summed E-state index contributed by atoms with van der Waals surface area (Å²) in [6, 6.07) is 7.07. The maximum atomic E-state index is 10.0. The van der Waals surface area contributed by atoms with Gasteiger partial charge in [-0.1, -0.05) is 0 Å². The van der Waals surface area contributed by atoms with E-state index in [4.69, 9.17) is 5.73 Å². The van der Waals surface area contributed by atoms with Crippen molar-refractivity contribution in [2.75, 3.05) is 5.73 Å². The predicted octanol–water partition coefficient (Wildman–Crippen LogP) is 1.87. The van der Waals surface area contributed by atoms with Crippen molar-refractivity contribution >= 4 is 13.6 Å². The third kappa shape index (κ3) is 1.77. The molecule has 1 aromatic carbocycles. The third-order valence-electron chi connectivity index (χ3n) is 1.06. The van der Waals surface area contributed by atoms with Crippen molar-refractivity contribution in [1.82, 2.24) is 0 Å². The molecule has 2 N–H and O–H groups in total. The average molecular weight is 151 g/mol. The Labute approximate surface area is 60.2 Å². The Hall–Kier alpha value is -0.970. The Bertz CT molecular complexity index is 328. The molecule has 0 aliphatic rings. The zero-order valence-corrected chi connectivity index (χ0v) is 6.14. The maximum absolute atomic E-state index is 10.0. The van der Waals surface area contributed by atoms with Crippen LogP contribution in [0.2, 0.25) is 0 Å². The fourth-order valence-electron chi connectivity index (χ4n) is 0.661. The van der Waals surface area contributed by atoms with Crippen LogP contribution in [0.1, 0.15) is 5.56 Å². The Kier molecular flexibility index (Phi) is 2.33. The van der Waals surface area contributed by atoms with Gasteiger partial charge in [0, 0.05) is 0 Å². The average Bonchev–Trinajstić information content (AvgIpc) is 1.88. The molecule has 0 spiro atoms. The van der Waals surface area contributed by atoms with Gasteiger partial charge in [-0.3, -0.25) is 0 Å². The molecule has 0 fully saturated rings. The first kappa shape index (κ1) is 7.14. The molecule has 50 valence electrons. The van der Waals surface area contributed by atoms with Gasteiger partial charge in [0.1, 0.15) is 0 Å². The first-order chi connectivity index (χ1) is 4.83. The van der Waals surface area contributed by atoms with Gasteiger partial charge in [-0.25, -0.2) is 0 Å². The molecule has 0 saturated carbocycles. The Morgan fingerprint density at radius 2 is 2.30 bits per heavy atom. The molecule has 1 rings (SSSR count). The molecular formula is C7H6NOP. The van der Waals surface area contributed by atoms with Crippen LogP contribution in [-0.2, 0) is 4.57 Å². The number of nitrogen functional groups attached to an aromatic ring is 1. The molecule has 1 aromatic rings. The second-order valence-electron chi connectivity index (χ2n) is 1.83. The van der Waals surface area contributed by atoms with Gasteiger partial charge >= 0.3 is 59.4 Å². The molecule has 0 atom stereocenters. The van der Waals surface area contributed by atoms with Crippen LogP contribution in [0.4, 0.5) is 5.69 Å². The SMILES string of the molecule is Nc1cccc(C#P=O)c1. The van der Waals surface area contributed by atoms with Crippen molar-refractivity contribution in [3.05, 3.63) is 29.8 Å². The quantitative estimate of drug-likeness (QED) is 0.454. The summed E-state index contributed by atoms with van der Waals surface area (Å²) in [7, 11) is -0.108. The molecule has 0 aliphatic heterocycles. The zero-order chi connectivity index (χ0) is 7.40. The third-order valence-corrected chi connectivity index (χ3v) is 1.41. The molecule has 3 heteroatoms. The van der Waals surface area contributed by atoms with E-state index in [1.54, 1.807) is 24.3 Å².